The third kappa shape index (κ3) is 3.60. The van der Waals surface area contributed by atoms with Gasteiger partial charge in [-0.3, -0.25) is 4.79 Å². The zero-order valence-corrected chi connectivity index (χ0v) is 12.0. The number of hydrogen-bond acceptors (Lipinski definition) is 1. The van der Waals surface area contributed by atoms with Crippen LogP contribution in [0.2, 0.25) is 0 Å². The van der Waals surface area contributed by atoms with E-state index in [0.717, 1.165) is 24.2 Å². The first kappa shape index (κ1) is 14.3. The van der Waals surface area contributed by atoms with E-state index in [-0.39, 0.29) is 5.78 Å². The van der Waals surface area contributed by atoms with Crippen LogP contribution in [0.5, 0.6) is 0 Å². The van der Waals surface area contributed by atoms with Crippen molar-refractivity contribution in [3.63, 3.8) is 0 Å². The van der Waals surface area contributed by atoms with Gasteiger partial charge >= 0.3 is 0 Å². The molecule has 0 spiro atoms. The third-order valence-corrected chi connectivity index (χ3v) is 3.23. The molecule has 1 aromatic heterocycles. The van der Waals surface area contributed by atoms with E-state index in [0.29, 0.717) is 18.2 Å². The first-order valence-corrected chi connectivity index (χ1v) is 6.76. The summed E-state index contributed by atoms with van der Waals surface area (Å²) in [6, 6.07) is 2.01. The van der Waals surface area contributed by atoms with Crippen LogP contribution in [0.4, 0.5) is 0 Å². The van der Waals surface area contributed by atoms with Crippen LogP contribution in [0.3, 0.4) is 0 Å². The van der Waals surface area contributed by atoms with E-state index in [2.05, 4.69) is 25.3 Å². The fourth-order valence-corrected chi connectivity index (χ4v) is 2.23. The minimum atomic E-state index is 0.216. The summed E-state index contributed by atoms with van der Waals surface area (Å²) in [5.41, 5.74) is 3.13. The number of ketones is 1. The fourth-order valence-electron chi connectivity index (χ4n) is 2.09. The maximum atomic E-state index is 12.0. The average Bonchev–Trinajstić information content (AvgIpc) is 2.53. The standard InChI is InChI=1S/C14H22ClNO/c1-10(2)9-16-11(3)8-13(12(16)4)14(17)6-5-7-15/h8,10H,5-7,9H2,1-4H3. The maximum absolute atomic E-state index is 12.0. The van der Waals surface area contributed by atoms with Crippen LogP contribution in [0.1, 0.15) is 48.4 Å². The van der Waals surface area contributed by atoms with E-state index in [4.69, 9.17) is 11.6 Å². The van der Waals surface area contributed by atoms with Crippen molar-refractivity contribution in [3.05, 3.63) is 23.0 Å². The molecule has 0 saturated carbocycles. The Morgan fingerprint density at radius 2 is 2.06 bits per heavy atom. The molecule has 17 heavy (non-hydrogen) atoms. The number of carbonyl (C=O) groups excluding carboxylic acids is 1. The molecule has 0 aliphatic rings. The van der Waals surface area contributed by atoms with Crippen molar-refractivity contribution in [3.8, 4) is 0 Å². The fraction of sp³-hybridized carbons (Fsp3) is 0.643. The van der Waals surface area contributed by atoms with Crippen molar-refractivity contribution < 1.29 is 4.79 Å². The first-order valence-electron chi connectivity index (χ1n) is 6.23. The average molecular weight is 256 g/mol. The van der Waals surface area contributed by atoms with E-state index in [9.17, 15) is 4.79 Å². The molecule has 2 nitrogen and oxygen atoms in total. The summed E-state index contributed by atoms with van der Waals surface area (Å²) < 4.78 is 2.23. The number of halogens is 1. The summed E-state index contributed by atoms with van der Waals surface area (Å²) in [5, 5.41) is 0. The molecule has 0 N–H and O–H groups in total. The van der Waals surface area contributed by atoms with Gasteiger partial charge in [-0.15, -0.1) is 11.6 Å². The lowest BCUT2D eigenvalue weighted by molar-refractivity contribution is 0.0981. The topological polar surface area (TPSA) is 22.0 Å². The lowest BCUT2D eigenvalue weighted by atomic mass is 10.1. The Labute approximate surface area is 109 Å². The van der Waals surface area contributed by atoms with Crippen LogP contribution in [-0.4, -0.2) is 16.2 Å². The second-order valence-electron chi connectivity index (χ2n) is 5.00. The highest BCUT2D eigenvalue weighted by atomic mass is 35.5. The van der Waals surface area contributed by atoms with Gasteiger partial charge in [0, 0.05) is 35.8 Å². The quantitative estimate of drug-likeness (QED) is 0.557. The van der Waals surface area contributed by atoms with Crippen molar-refractivity contribution in [2.75, 3.05) is 5.88 Å². The number of alkyl halides is 1. The molecule has 0 saturated heterocycles. The Bertz CT molecular complexity index is 393. The van der Waals surface area contributed by atoms with Crippen molar-refractivity contribution in [2.24, 2.45) is 5.92 Å². The van der Waals surface area contributed by atoms with Gasteiger partial charge in [-0.1, -0.05) is 13.8 Å². The van der Waals surface area contributed by atoms with Gasteiger partial charge in [0.25, 0.3) is 0 Å². The monoisotopic (exact) mass is 255 g/mol. The Balaban J connectivity index is 2.91. The van der Waals surface area contributed by atoms with Crippen molar-refractivity contribution in [1.82, 2.24) is 4.57 Å². The normalized spacial score (nSPS) is 11.2. The van der Waals surface area contributed by atoms with Gasteiger partial charge in [-0.25, -0.2) is 0 Å². The molecule has 0 aliphatic heterocycles. The molecule has 1 heterocycles. The van der Waals surface area contributed by atoms with E-state index in [1.165, 1.54) is 5.69 Å². The van der Waals surface area contributed by atoms with E-state index < -0.39 is 0 Å². The molecule has 0 radical (unpaired) electrons. The number of nitrogens with zero attached hydrogens (tertiary/aromatic N) is 1. The smallest absolute Gasteiger partial charge is 0.164 e. The lowest BCUT2D eigenvalue weighted by Gasteiger charge is -2.12. The molecule has 0 amide bonds. The Hall–Kier alpha value is -0.760. The predicted molar refractivity (Wildman–Crippen MR) is 73.0 cm³/mol. The molecule has 96 valence electrons. The van der Waals surface area contributed by atoms with Crippen LogP contribution in [-0.2, 0) is 6.54 Å². The Morgan fingerprint density at radius 1 is 1.41 bits per heavy atom. The summed E-state index contributed by atoms with van der Waals surface area (Å²) in [6.45, 7) is 9.44. The molecule has 0 aromatic carbocycles. The summed E-state index contributed by atoms with van der Waals surface area (Å²) in [7, 11) is 0. The van der Waals surface area contributed by atoms with Crippen LogP contribution in [0, 0.1) is 19.8 Å². The molecule has 0 aliphatic carbocycles. The first-order chi connectivity index (χ1) is 7.97. The van der Waals surface area contributed by atoms with Gasteiger partial charge in [0.15, 0.2) is 5.78 Å². The van der Waals surface area contributed by atoms with Gasteiger partial charge in [-0.2, -0.15) is 0 Å². The zero-order chi connectivity index (χ0) is 13.0. The maximum Gasteiger partial charge on any atom is 0.164 e. The minimum absolute atomic E-state index is 0.216. The summed E-state index contributed by atoms with van der Waals surface area (Å²) in [6.07, 6.45) is 1.31. The van der Waals surface area contributed by atoms with Gasteiger partial charge in [0.1, 0.15) is 0 Å². The minimum Gasteiger partial charge on any atom is -0.348 e. The molecule has 1 rings (SSSR count). The largest absolute Gasteiger partial charge is 0.348 e. The highest BCUT2D eigenvalue weighted by Crippen LogP contribution is 2.19. The van der Waals surface area contributed by atoms with Crippen LogP contribution < -0.4 is 0 Å². The number of Topliss-reactive ketones (excluding diaryl/α,β-unsaturated/α-hetero) is 1. The molecule has 0 atom stereocenters. The summed E-state index contributed by atoms with van der Waals surface area (Å²) in [5.74, 6) is 1.36. The van der Waals surface area contributed by atoms with E-state index in [1.807, 2.05) is 13.0 Å². The van der Waals surface area contributed by atoms with Crippen LogP contribution >= 0.6 is 11.6 Å². The Morgan fingerprint density at radius 3 is 2.59 bits per heavy atom. The summed E-state index contributed by atoms with van der Waals surface area (Å²) in [4.78, 5) is 12.0. The van der Waals surface area contributed by atoms with Crippen LogP contribution in [0.25, 0.3) is 0 Å². The van der Waals surface area contributed by atoms with Gasteiger partial charge in [-0.05, 0) is 32.3 Å². The molecule has 3 heteroatoms. The van der Waals surface area contributed by atoms with Crippen molar-refractivity contribution in [1.29, 1.82) is 0 Å². The molecule has 1 aromatic rings. The highest BCUT2D eigenvalue weighted by molar-refractivity contribution is 6.18. The second-order valence-corrected chi connectivity index (χ2v) is 5.38. The number of aromatic nitrogens is 1. The number of rotatable bonds is 6. The van der Waals surface area contributed by atoms with Crippen molar-refractivity contribution in [2.45, 2.75) is 47.1 Å². The molecule has 0 bridgehead atoms. The predicted octanol–water partition coefficient (Wildman–Crippen LogP) is 3.96. The molecular formula is C14H22ClNO. The number of hydrogen-bond donors (Lipinski definition) is 0. The van der Waals surface area contributed by atoms with Crippen molar-refractivity contribution >= 4 is 17.4 Å². The van der Waals surface area contributed by atoms with Crippen LogP contribution in [0.15, 0.2) is 6.07 Å². The summed E-state index contributed by atoms with van der Waals surface area (Å²) >= 11 is 5.62. The second kappa shape index (κ2) is 6.25. The SMILES string of the molecule is Cc1cc(C(=O)CCCCl)c(C)n1CC(C)C. The van der Waals surface area contributed by atoms with E-state index >= 15 is 0 Å². The third-order valence-electron chi connectivity index (χ3n) is 2.96. The number of aryl methyl sites for hydroxylation is 1. The molecular weight excluding hydrogens is 234 g/mol. The van der Waals surface area contributed by atoms with E-state index in [1.54, 1.807) is 0 Å². The van der Waals surface area contributed by atoms with Gasteiger partial charge < -0.3 is 4.57 Å². The molecule has 0 unspecified atom stereocenters. The van der Waals surface area contributed by atoms with Gasteiger partial charge in [0.2, 0.25) is 0 Å². The highest BCUT2D eigenvalue weighted by Gasteiger charge is 2.15. The lowest BCUT2D eigenvalue weighted by Crippen LogP contribution is -2.09. The van der Waals surface area contributed by atoms with Gasteiger partial charge in [0.05, 0.1) is 0 Å². The number of carbonyl (C=O) groups is 1. The Kier molecular flexibility index (Phi) is 5.26. The molecule has 0 fully saturated rings. The zero-order valence-electron chi connectivity index (χ0n) is 11.2.